The van der Waals surface area contributed by atoms with Crippen LogP contribution in [0.5, 0.6) is 5.88 Å². The third-order valence-electron chi connectivity index (χ3n) is 4.00. The molecule has 1 saturated heterocycles. The lowest BCUT2D eigenvalue weighted by Crippen LogP contribution is -2.26. The minimum atomic E-state index is -4.47. The van der Waals surface area contributed by atoms with Gasteiger partial charge in [0.25, 0.3) is 0 Å². The number of hydrogen-bond acceptors (Lipinski definition) is 6. The van der Waals surface area contributed by atoms with Gasteiger partial charge in [0.15, 0.2) is 0 Å². The summed E-state index contributed by atoms with van der Waals surface area (Å²) in [5, 5.41) is 3.06. The topological polar surface area (TPSA) is 63.2 Å². The zero-order chi connectivity index (χ0) is 17.9. The molecule has 2 aromatic rings. The minimum absolute atomic E-state index is 0.0414. The van der Waals surface area contributed by atoms with E-state index in [1.807, 2.05) is 12.1 Å². The molecule has 0 amide bonds. The van der Waals surface area contributed by atoms with Crippen molar-refractivity contribution in [3.05, 3.63) is 42.0 Å². The Morgan fingerprint density at radius 1 is 1.28 bits per heavy atom. The molecule has 1 aliphatic rings. The quantitative estimate of drug-likeness (QED) is 0.891. The summed E-state index contributed by atoms with van der Waals surface area (Å²) in [6.45, 7) is 2.30. The zero-order valence-electron chi connectivity index (χ0n) is 13.6. The van der Waals surface area contributed by atoms with Crippen molar-refractivity contribution in [2.75, 3.05) is 25.5 Å². The molecule has 3 heterocycles. The van der Waals surface area contributed by atoms with Crippen LogP contribution < -0.4 is 10.1 Å². The standard InChI is InChI=1S/C16H18F3N5O/c1-25-15-6-11(2-4-20-15)8-24-5-3-12(9-24)23-14-7-13(16(17,18)19)21-10-22-14/h2,4,6-7,10,12H,3,5,8-9H2,1H3,(H,21,22,23). The molecule has 9 heteroatoms. The van der Waals surface area contributed by atoms with E-state index < -0.39 is 11.9 Å². The summed E-state index contributed by atoms with van der Waals surface area (Å²) in [6.07, 6.45) is -1.02. The van der Waals surface area contributed by atoms with Crippen LogP contribution >= 0.6 is 0 Å². The van der Waals surface area contributed by atoms with Gasteiger partial charge in [-0.3, -0.25) is 4.90 Å². The molecule has 1 fully saturated rings. The Balaban J connectivity index is 1.58. The highest BCUT2D eigenvalue weighted by atomic mass is 19.4. The van der Waals surface area contributed by atoms with Gasteiger partial charge in [0, 0.05) is 44.0 Å². The molecule has 2 aromatic heterocycles. The van der Waals surface area contributed by atoms with E-state index in [1.165, 1.54) is 0 Å². The summed E-state index contributed by atoms with van der Waals surface area (Å²) in [4.78, 5) is 13.4. The van der Waals surface area contributed by atoms with Crippen molar-refractivity contribution in [2.24, 2.45) is 0 Å². The average Bonchev–Trinajstić information content (AvgIpc) is 3.01. The smallest absolute Gasteiger partial charge is 0.433 e. The Kier molecular flexibility index (Phi) is 5.03. The SMILES string of the molecule is COc1cc(CN2CCC(Nc3cc(C(F)(F)F)ncn3)C2)ccn1. The summed E-state index contributed by atoms with van der Waals surface area (Å²) < 4.78 is 43.2. The molecule has 0 aromatic carbocycles. The number of hydrogen-bond donors (Lipinski definition) is 1. The molecule has 0 saturated carbocycles. The number of anilines is 1. The maximum Gasteiger partial charge on any atom is 0.433 e. The van der Waals surface area contributed by atoms with Crippen LogP contribution in [0.1, 0.15) is 17.7 Å². The number of ether oxygens (including phenoxy) is 1. The van der Waals surface area contributed by atoms with Crippen LogP contribution in [0.15, 0.2) is 30.7 Å². The van der Waals surface area contributed by atoms with Gasteiger partial charge in [0.2, 0.25) is 5.88 Å². The number of halogens is 3. The molecule has 0 bridgehead atoms. The molecule has 134 valence electrons. The lowest BCUT2D eigenvalue weighted by atomic mass is 10.2. The van der Waals surface area contributed by atoms with Gasteiger partial charge < -0.3 is 10.1 Å². The molecule has 6 nitrogen and oxygen atoms in total. The molecule has 1 atom stereocenters. The second kappa shape index (κ2) is 7.22. The van der Waals surface area contributed by atoms with E-state index in [2.05, 4.69) is 25.2 Å². The van der Waals surface area contributed by atoms with Gasteiger partial charge >= 0.3 is 6.18 Å². The fourth-order valence-electron chi connectivity index (χ4n) is 2.81. The highest BCUT2D eigenvalue weighted by molar-refractivity contribution is 5.37. The first-order valence-electron chi connectivity index (χ1n) is 7.81. The number of methoxy groups -OCH3 is 1. The monoisotopic (exact) mass is 353 g/mol. The van der Waals surface area contributed by atoms with Crippen LogP contribution in [-0.2, 0) is 12.7 Å². The zero-order valence-corrected chi connectivity index (χ0v) is 13.6. The van der Waals surface area contributed by atoms with Crippen molar-refractivity contribution in [1.29, 1.82) is 0 Å². The summed E-state index contributed by atoms with van der Waals surface area (Å²) in [7, 11) is 1.57. The van der Waals surface area contributed by atoms with Crippen LogP contribution in [0.4, 0.5) is 19.0 Å². The number of rotatable bonds is 5. The summed E-state index contributed by atoms with van der Waals surface area (Å²) in [5.41, 5.74) is 0.137. The number of nitrogens with one attached hydrogen (secondary N) is 1. The lowest BCUT2D eigenvalue weighted by molar-refractivity contribution is -0.141. The fourth-order valence-corrected chi connectivity index (χ4v) is 2.81. The number of likely N-dealkylation sites (tertiary alicyclic amines) is 1. The van der Waals surface area contributed by atoms with Crippen molar-refractivity contribution in [3.63, 3.8) is 0 Å². The highest BCUT2D eigenvalue weighted by Gasteiger charge is 2.33. The molecule has 1 aliphatic heterocycles. The van der Waals surface area contributed by atoms with Crippen LogP contribution in [0.25, 0.3) is 0 Å². The van der Waals surface area contributed by atoms with Crippen molar-refractivity contribution < 1.29 is 17.9 Å². The van der Waals surface area contributed by atoms with Gasteiger partial charge in [-0.25, -0.2) is 15.0 Å². The molecular formula is C16H18F3N5O. The average molecular weight is 353 g/mol. The minimum Gasteiger partial charge on any atom is -0.481 e. The van der Waals surface area contributed by atoms with Gasteiger partial charge in [-0.1, -0.05) is 0 Å². The van der Waals surface area contributed by atoms with Crippen molar-refractivity contribution in [2.45, 2.75) is 25.2 Å². The number of nitrogens with zero attached hydrogens (tertiary/aromatic N) is 4. The Hall–Kier alpha value is -2.42. The Morgan fingerprint density at radius 3 is 2.88 bits per heavy atom. The summed E-state index contributed by atoms with van der Waals surface area (Å²) in [5.74, 6) is 0.756. The second-order valence-electron chi connectivity index (χ2n) is 5.86. The van der Waals surface area contributed by atoms with E-state index in [9.17, 15) is 13.2 Å². The van der Waals surface area contributed by atoms with Crippen LogP contribution in [-0.4, -0.2) is 46.1 Å². The maximum absolute atomic E-state index is 12.7. The largest absolute Gasteiger partial charge is 0.481 e. The van der Waals surface area contributed by atoms with E-state index in [0.29, 0.717) is 5.88 Å². The molecule has 25 heavy (non-hydrogen) atoms. The van der Waals surface area contributed by atoms with E-state index in [1.54, 1.807) is 13.3 Å². The third-order valence-corrected chi connectivity index (χ3v) is 4.00. The van der Waals surface area contributed by atoms with Crippen LogP contribution in [0.2, 0.25) is 0 Å². The molecule has 1 N–H and O–H groups in total. The molecule has 0 aliphatic carbocycles. The van der Waals surface area contributed by atoms with Gasteiger partial charge in [0.05, 0.1) is 7.11 Å². The number of pyridine rings is 1. The first kappa shape index (κ1) is 17.4. The van der Waals surface area contributed by atoms with E-state index in [4.69, 9.17) is 4.74 Å². The normalized spacial score (nSPS) is 18.3. The van der Waals surface area contributed by atoms with Crippen molar-refractivity contribution in [1.82, 2.24) is 19.9 Å². The van der Waals surface area contributed by atoms with Crippen LogP contribution in [0, 0.1) is 0 Å². The van der Waals surface area contributed by atoms with Gasteiger partial charge in [-0.15, -0.1) is 0 Å². The van der Waals surface area contributed by atoms with E-state index in [-0.39, 0.29) is 11.9 Å². The second-order valence-corrected chi connectivity index (χ2v) is 5.86. The van der Waals surface area contributed by atoms with E-state index in [0.717, 1.165) is 44.0 Å². The molecule has 0 spiro atoms. The first-order chi connectivity index (χ1) is 11.9. The summed E-state index contributed by atoms with van der Waals surface area (Å²) in [6, 6.07) is 4.78. The van der Waals surface area contributed by atoms with Crippen molar-refractivity contribution in [3.8, 4) is 5.88 Å². The Bertz CT molecular complexity index is 725. The number of alkyl halides is 3. The predicted octanol–water partition coefficient (Wildman–Crippen LogP) is 2.59. The molecular weight excluding hydrogens is 335 g/mol. The van der Waals surface area contributed by atoms with Gasteiger partial charge in [-0.05, 0) is 18.1 Å². The first-order valence-corrected chi connectivity index (χ1v) is 7.81. The fraction of sp³-hybridized carbons (Fsp3) is 0.438. The highest BCUT2D eigenvalue weighted by Crippen LogP contribution is 2.28. The maximum atomic E-state index is 12.7. The predicted molar refractivity (Wildman–Crippen MR) is 85.1 cm³/mol. The van der Waals surface area contributed by atoms with E-state index >= 15 is 0 Å². The molecule has 1 unspecified atom stereocenters. The lowest BCUT2D eigenvalue weighted by Gasteiger charge is -2.17. The van der Waals surface area contributed by atoms with Crippen molar-refractivity contribution >= 4 is 5.82 Å². The third kappa shape index (κ3) is 4.56. The summed E-state index contributed by atoms with van der Waals surface area (Å²) >= 11 is 0. The van der Waals surface area contributed by atoms with Crippen LogP contribution in [0.3, 0.4) is 0 Å². The Labute approximate surface area is 143 Å². The number of aromatic nitrogens is 3. The molecule has 0 radical (unpaired) electrons. The molecule has 3 rings (SSSR count). The van der Waals surface area contributed by atoms with Gasteiger partial charge in [0.1, 0.15) is 17.8 Å². The van der Waals surface area contributed by atoms with Gasteiger partial charge in [-0.2, -0.15) is 13.2 Å². The Morgan fingerprint density at radius 2 is 2.12 bits per heavy atom.